The maximum Gasteiger partial charge on any atom is 0.166 e. The lowest BCUT2D eigenvalue weighted by Gasteiger charge is -2.04. The van der Waals surface area contributed by atoms with Crippen LogP contribution in [0.2, 0.25) is 0 Å². The molecule has 2 aromatic carbocycles. The highest BCUT2D eigenvalue weighted by Crippen LogP contribution is 2.17. The number of halogens is 2. The largest absolute Gasteiger partial charge is 0.294 e. The molecule has 0 aliphatic carbocycles. The molecule has 0 radical (unpaired) electrons. The number of hydrogen-bond donors (Lipinski definition) is 0. The van der Waals surface area contributed by atoms with E-state index in [4.69, 9.17) is 0 Å². The summed E-state index contributed by atoms with van der Waals surface area (Å²) in [5.74, 6) is -0.630. The van der Waals surface area contributed by atoms with E-state index in [0.717, 1.165) is 5.56 Å². The minimum Gasteiger partial charge on any atom is -0.294 e. The number of rotatable bonds is 4. The first-order valence-electron chi connectivity index (χ1n) is 6.10. The van der Waals surface area contributed by atoms with E-state index in [-0.39, 0.29) is 11.3 Å². The van der Waals surface area contributed by atoms with Crippen molar-refractivity contribution in [2.24, 2.45) is 0 Å². The molecule has 98 valence electrons. The van der Waals surface area contributed by atoms with Crippen molar-refractivity contribution in [1.29, 1.82) is 0 Å². The van der Waals surface area contributed by atoms with E-state index in [1.807, 2.05) is 31.2 Å². The molecule has 0 N–H and O–H groups in total. The van der Waals surface area contributed by atoms with Crippen LogP contribution in [0.15, 0.2) is 46.9 Å². The third-order valence-corrected chi connectivity index (χ3v) is 3.45. The van der Waals surface area contributed by atoms with Gasteiger partial charge in [0.1, 0.15) is 5.82 Å². The van der Waals surface area contributed by atoms with E-state index in [1.54, 1.807) is 6.07 Å². The molecule has 0 aliphatic rings. The number of aryl methyl sites for hydroxylation is 2. The third-order valence-electron chi connectivity index (χ3n) is 2.95. The maximum atomic E-state index is 13.6. The highest BCUT2D eigenvalue weighted by atomic mass is 79.9. The van der Waals surface area contributed by atoms with Crippen molar-refractivity contribution in [1.82, 2.24) is 0 Å². The second kappa shape index (κ2) is 6.11. The Bertz CT molecular complexity index is 607. The third kappa shape index (κ3) is 3.74. The van der Waals surface area contributed by atoms with Gasteiger partial charge < -0.3 is 0 Å². The van der Waals surface area contributed by atoms with Crippen LogP contribution in [0, 0.1) is 12.7 Å². The normalized spacial score (nSPS) is 10.5. The quantitative estimate of drug-likeness (QED) is 0.745. The van der Waals surface area contributed by atoms with Crippen LogP contribution in [0.3, 0.4) is 0 Å². The lowest BCUT2D eigenvalue weighted by Crippen LogP contribution is -2.04. The van der Waals surface area contributed by atoms with Crippen LogP contribution >= 0.6 is 15.9 Å². The smallest absolute Gasteiger partial charge is 0.166 e. The molecule has 1 nitrogen and oxygen atoms in total. The van der Waals surface area contributed by atoms with Gasteiger partial charge in [-0.1, -0.05) is 45.8 Å². The molecule has 19 heavy (non-hydrogen) atoms. The van der Waals surface area contributed by atoms with Gasteiger partial charge in [0.15, 0.2) is 5.78 Å². The molecule has 0 heterocycles. The summed E-state index contributed by atoms with van der Waals surface area (Å²) in [6.07, 6.45) is 0.956. The lowest BCUT2D eigenvalue weighted by molar-refractivity contribution is 0.0979. The molecule has 0 saturated carbocycles. The summed E-state index contributed by atoms with van der Waals surface area (Å²) in [7, 11) is 0. The van der Waals surface area contributed by atoms with Crippen molar-refractivity contribution in [3.8, 4) is 0 Å². The molecule has 2 aromatic rings. The van der Waals surface area contributed by atoms with Gasteiger partial charge in [-0.25, -0.2) is 4.39 Å². The Labute approximate surface area is 120 Å². The van der Waals surface area contributed by atoms with Gasteiger partial charge in [0.25, 0.3) is 0 Å². The Morgan fingerprint density at radius 1 is 1.21 bits per heavy atom. The van der Waals surface area contributed by atoms with Gasteiger partial charge in [0, 0.05) is 10.9 Å². The molecule has 0 bridgehead atoms. The summed E-state index contributed by atoms with van der Waals surface area (Å²) in [6.45, 7) is 2.01. The second-order valence-electron chi connectivity index (χ2n) is 4.54. The van der Waals surface area contributed by atoms with Gasteiger partial charge in [-0.05, 0) is 37.1 Å². The van der Waals surface area contributed by atoms with Gasteiger partial charge in [0.05, 0.1) is 5.56 Å². The zero-order chi connectivity index (χ0) is 13.8. The lowest BCUT2D eigenvalue weighted by atomic mass is 10.0. The standard InChI is InChI=1S/C16H14BrFO/c1-11-3-2-4-12(9-11)5-8-16(19)14-7-6-13(17)10-15(14)18/h2-4,6-7,9-10H,5,8H2,1H3. The summed E-state index contributed by atoms with van der Waals surface area (Å²) in [4.78, 5) is 12.0. The first-order chi connectivity index (χ1) is 9.06. The average molecular weight is 321 g/mol. The van der Waals surface area contributed by atoms with E-state index in [0.29, 0.717) is 17.3 Å². The topological polar surface area (TPSA) is 17.1 Å². The van der Waals surface area contributed by atoms with E-state index < -0.39 is 5.82 Å². The summed E-state index contributed by atoms with van der Waals surface area (Å²) < 4.78 is 14.3. The van der Waals surface area contributed by atoms with Gasteiger partial charge in [-0.2, -0.15) is 0 Å². The number of hydrogen-bond acceptors (Lipinski definition) is 1. The minimum atomic E-state index is -0.469. The molecule has 0 fully saturated rings. The molecular formula is C16H14BrFO. The zero-order valence-corrected chi connectivity index (χ0v) is 12.2. The zero-order valence-electron chi connectivity index (χ0n) is 10.6. The first kappa shape index (κ1) is 13.9. The van der Waals surface area contributed by atoms with Crippen molar-refractivity contribution in [2.45, 2.75) is 19.8 Å². The van der Waals surface area contributed by atoms with Crippen LogP contribution in [0.5, 0.6) is 0 Å². The Morgan fingerprint density at radius 2 is 2.00 bits per heavy atom. The first-order valence-corrected chi connectivity index (χ1v) is 6.89. The molecule has 0 aromatic heterocycles. The van der Waals surface area contributed by atoms with Crippen LogP contribution in [-0.4, -0.2) is 5.78 Å². The van der Waals surface area contributed by atoms with Crippen LogP contribution < -0.4 is 0 Å². The van der Waals surface area contributed by atoms with Crippen LogP contribution in [0.4, 0.5) is 4.39 Å². The van der Waals surface area contributed by atoms with Gasteiger partial charge in [-0.15, -0.1) is 0 Å². The van der Waals surface area contributed by atoms with Crippen molar-refractivity contribution in [3.63, 3.8) is 0 Å². The number of ketones is 1. The van der Waals surface area contributed by atoms with Crippen molar-refractivity contribution in [2.75, 3.05) is 0 Å². The molecular weight excluding hydrogens is 307 g/mol. The number of Topliss-reactive ketones (excluding diaryl/α,β-unsaturated/α-hetero) is 1. The Kier molecular flexibility index (Phi) is 4.48. The fraction of sp³-hybridized carbons (Fsp3) is 0.188. The van der Waals surface area contributed by atoms with Gasteiger partial charge >= 0.3 is 0 Å². The molecule has 0 aliphatic heterocycles. The van der Waals surface area contributed by atoms with Crippen molar-refractivity contribution >= 4 is 21.7 Å². The minimum absolute atomic E-state index is 0.161. The fourth-order valence-electron chi connectivity index (χ4n) is 1.98. The summed E-state index contributed by atoms with van der Waals surface area (Å²) in [5.41, 5.74) is 2.43. The molecule has 2 rings (SSSR count). The predicted molar refractivity (Wildman–Crippen MR) is 77.9 cm³/mol. The molecule has 0 atom stereocenters. The van der Waals surface area contributed by atoms with Crippen molar-refractivity contribution < 1.29 is 9.18 Å². The van der Waals surface area contributed by atoms with Crippen molar-refractivity contribution in [3.05, 3.63) is 69.4 Å². The second-order valence-corrected chi connectivity index (χ2v) is 5.45. The van der Waals surface area contributed by atoms with E-state index in [1.165, 1.54) is 17.7 Å². The van der Waals surface area contributed by atoms with Crippen LogP contribution in [0.1, 0.15) is 27.9 Å². The molecule has 0 unspecified atom stereocenters. The SMILES string of the molecule is Cc1cccc(CCC(=O)c2ccc(Br)cc2F)c1. The summed E-state index contributed by atoms with van der Waals surface area (Å²) in [6, 6.07) is 12.5. The summed E-state index contributed by atoms with van der Waals surface area (Å²) >= 11 is 3.18. The molecule has 3 heteroatoms. The fourth-order valence-corrected chi connectivity index (χ4v) is 2.31. The number of benzene rings is 2. The Morgan fingerprint density at radius 3 is 2.68 bits per heavy atom. The van der Waals surface area contributed by atoms with Gasteiger partial charge in [-0.3, -0.25) is 4.79 Å². The Balaban J connectivity index is 2.05. The van der Waals surface area contributed by atoms with Gasteiger partial charge in [0.2, 0.25) is 0 Å². The van der Waals surface area contributed by atoms with Crippen LogP contribution in [-0.2, 0) is 6.42 Å². The molecule has 0 saturated heterocycles. The Hall–Kier alpha value is -1.48. The monoisotopic (exact) mass is 320 g/mol. The highest BCUT2D eigenvalue weighted by molar-refractivity contribution is 9.10. The highest BCUT2D eigenvalue weighted by Gasteiger charge is 2.11. The predicted octanol–water partition coefficient (Wildman–Crippen LogP) is 4.71. The van der Waals surface area contributed by atoms with E-state index >= 15 is 0 Å². The average Bonchev–Trinajstić information content (AvgIpc) is 2.36. The number of carbonyl (C=O) groups is 1. The maximum absolute atomic E-state index is 13.6. The number of carbonyl (C=O) groups excluding carboxylic acids is 1. The summed E-state index contributed by atoms with van der Waals surface area (Å²) in [5, 5.41) is 0. The molecule has 0 spiro atoms. The molecule has 0 amide bonds. The van der Waals surface area contributed by atoms with E-state index in [2.05, 4.69) is 15.9 Å². The van der Waals surface area contributed by atoms with E-state index in [9.17, 15) is 9.18 Å². The van der Waals surface area contributed by atoms with Crippen LogP contribution in [0.25, 0.3) is 0 Å².